The van der Waals surface area contributed by atoms with Crippen LogP contribution in [0.4, 0.5) is 0 Å². The lowest BCUT2D eigenvalue weighted by molar-refractivity contribution is 0.210. The van der Waals surface area contributed by atoms with Crippen LogP contribution in [-0.4, -0.2) is 17.3 Å². The molecule has 0 aliphatic heterocycles. The normalized spacial score (nSPS) is 11.8. The standard InChI is InChI=1S/C15H22Br2O/c1-13(2)10-15(11-16,12-17)8-9-18-14-6-4-3-5-7-14/h3-7,13H,8-12H2,1-2H3. The van der Waals surface area contributed by atoms with E-state index in [4.69, 9.17) is 4.74 Å². The lowest BCUT2D eigenvalue weighted by Gasteiger charge is -2.31. The number of alkyl halides is 2. The van der Waals surface area contributed by atoms with Gasteiger partial charge in [-0.2, -0.15) is 0 Å². The van der Waals surface area contributed by atoms with Gasteiger partial charge >= 0.3 is 0 Å². The summed E-state index contributed by atoms with van der Waals surface area (Å²) < 4.78 is 5.81. The van der Waals surface area contributed by atoms with Crippen molar-refractivity contribution in [3.05, 3.63) is 30.3 Å². The third kappa shape index (κ3) is 5.31. The molecule has 0 saturated heterocycles. The highest BCUT2D eigenvalue weighted by Crippen LogP contribution is 2.34. The molecule has 1 nitrogen and oxygen atoms in total. The Morgan fingerprint density at radius 2 is 1.72 bits per heavy atom. The molecule has 0 bridgehead atoms. The number of rotatable bonds is 8. The first-order valence-corrected chi connectivity index (χ1v) is 8.66. The van der Waals surface area contributed by atoms with Crippen LogP contribution < -0.4 is 4.74 Å². The summed E-state index contributed by atoms with van der Waals surface area (Å²) in [4.78, 5) is 0. The monoisotopic (exact) mass is 376 g/mol. The summed E-state index contributed by atoms with van der Waals surface area (Å²) in [5.74, 6) is 1.66. The predicted molar refractivity (Wildman–Crippen MR) is 86.0 cm³/mol. The zero-order valence-corrected chi connectivity index (χ0v) is 14.3. The topological polar surface area (TPSA) is 9.23 Å². The highest BCUT2D eigenvalue weighted by atomic mass is 79.9. The average Bonchev–Trinajstić information content (AvgIpc) is 2.38. The van der Waals surface area contributed by atoms with Crippen LogP contribution in [0.1, 0.15) is 26.7 Å². The first kappa shape index (κ1) is 16.0. The van der Waals surface area contributed by atoms with Gasteiger partial charge in [-0.1, -0.05) is 63.9 Å². The molecule has 0 aliphatic rings. The van der Waals surface area contributed by atoms with Crippen LogP contribution >= 0.6 is 31.9 Å². The van der Waals surface area contributed by atoms with Gasteiger partial charge in [0.2, 0.25) is 0 Å². The van der Waals surface area contributed by atoms with Crippen molar-refractivity contribution < 1.29 is 4.74 Å². The molecule has 1 aromatic rings. The predicted octanol–water partition coefficient (Wildman–Crippen LogP) is 5.28. The smallest absolute Gasteiger partial charge is 0.119 e. The maximum Gasteiger partial charge on any atom is 0.119 e. The minimum absolute atomic E-state index is 0.295. The average molecular weight is 378 g/mol. The van der Waals surface area contributed by atoms with E-state index in [0.29, 0.717) is 11.3 Å². The van der Waals surface area contributed by atoms with E-state index in [1.807, 2.05) is 30.3 Å². The summed E-state index contributed by atoms with van der Waals surface area (Å²) in [6, 6.07) is 10.0. The fourth-order valence-electron chi connectivity index (χ4n) is 2.15. The van der Waals surface area contributed by atoms with Crippen LogP contribution in [0.5, 0.6) is 5.75 Å². The number of ether oxygens (including phenoxy) is 1. The second-order valence-electron chi connectivity index (χ2n) is 5.28. The van der Waals surface area contributed by atoms with Crippen molar-refractivity contribution in [2.24, 2.45) is 11.3 Å². The Morgan fingerprint density at radius 3 is 2.22 bits per heavy atom. The molecule has 0 heterocycles. The number of para-hydroxylation sites is 1. The van der Waals surface area contributed by atoms with Crippen molar-refractivity contribution in [2.75, 3.05) is 17.3 Å². The molecular formula is C15H22Br2O. The van der Waals surface area contributed by atoms with Crippen LogP contribution in [-0.2, 0) is 0 Å². The second kappa shape index (κ2) is 8.21. The first-order valence-electron chi connectivity index (χ1n) is 6.42. The van der Waals surface area contributed by atoms with Gasteiger partial charge in [-0.3, -0.25) is 0 Å². The Hall–Kier alpha value is -0.0200. The van der Waals surface area contributed by atoms with Gasteiger partial charge in [0.25, 0.3) is 0 Å². The molecule has 0 aliphatic carbocycles. The largest absolute Gasteiger partial charge is 0.494 e. The number of hydrogen-bond acceptors (Lipinski definition) is 1. The van der Waals surface area contributed by atoms with E-state index in [1.165, 1.54) is 6.42 Å². The molecule has 0 spiro atoms. The molecule has 0 unspecified atom stereocenters. The molecule has 0 amide bonds. The molecule has 0 aromatic heterocycles. The minimum Gasteiger partial charge on any atom is -0.494 e. The van der Waals surface area contributed by atoms with Crippen LogP contribution in [0.25, 0.3) is 0 Å². The first-order chi connectivity index (χ1) is 8.62. The Labute approximate surface area is 128 Å². The molecule has 18 heavy (non-hydrogen) atoms. The molecule has 102 valence electrons. The molecule has 1 aromatic carbocycles. The van der Waals surface area contributed by atoms with Crippen molar-refractivity contribution >= 4 is 31.9 Å². The van der Waals surface area contributed by atoms with Gasteiger partial charge < -0.3 is 4.74 Å². The third-order valence-corrected chi connectivity index (χ3v) is 5.43. The van der Waals surface area contributed by atoms with E-state index < -0.39 is 0 Å². The van der Waals surface area contributed by atoms with Gasteiger partial charge in [0.15, 0.2) is 0 Å². The third-order valence-electron chi connectivity index (χ3n) is 3.05. The van der Waals surface area contributed by atoms with Crippen LogP contribution in [0.3, 0.4) is 0 Å². The fourth-order valence-corrected chi connectivity index (χ4v) is 4.10. The highest BCUT2D eigenvalue weighted by Gasteiger charge is 2.28. The number of hydrogen-bond donors (Lipinski definition) is 0. The van der Waals surface area contributed by atoms with E-state index >= 15 is 0 Å². The van der Waals surface area contributed by atoms with Gasteiger partial charge in [-0.25, -0.2) is 0 Å². The van der Waals surface area contributed by atoms with E-state index in [9.17, 15) is 0 Å². The van der Waals surface area contributed by atoms with Crippen molar-refractivity contribution in [1.29, 1.82) is 0 Å². The fraction of sp³-hybridized carbons (Fsp3) is 0.600. The SMILES string of the molecule is CC(C)CC(CBr)(CBr)CCOc1ccccc1. The molecule has 0 saturated carbocycles. The van der Waals surface area contributed by atoms with Crippen molar-refractivity contribution in [1.82, 2.24) is 0 Å². The van der Waals surface area contributed by atoms with Crippen molar-refractivity contribution in [2.45, 2.75) is 26.7 Å². The van der Waals surface area contributed by atoms with Crippen LogP contribution in [0, 0.1) is 11.3 Å². The number of benzene rings is 1. The zero-order chi connectivity index (χ0) is 13.4. The maximum atomic E-state index is 5.81. The summed E-state index contributed by atoms with van der Waals surface area (Å²) >= 11 is 7.33. The van der Waals surface area contributed by atoms with E-state index in [-0.39, 0.29) is 0 Å². The van der Waals surface area contributed by atoms with Gasteiger partial charge in [-0.05, 0) is 36.3 Å². The van der Waals surface area contributed by atoms with Crippen LogP contribution in [0.15, 0.2) is 30.3 Å². The maximum absolute atomic E-state index is 5.81. The van der Waals surface area contributed by atoms with Crippen molar-refractivity contribution in [3.8, 4) is 5.75 Å². The van der Waals surface area contributed by atoms with Gasteiger partial charge in [0.1, 0.15) is 5.75 Å². The molecule has 0 atom stereocenters. The van der Waals surface area contributed by atoms with Crippen molar-refractivity contribution in [3.63, 3.8) is 0 Å². The molecule has 0 fully saturated rings. The summed E-state index contributed by atoms with van der Waals surface area (Å²) in [7, 11) is 0. The lowest BCUT2D eigenvalue weighted by Crippen LogP contribution is -2.29. The summed E-state index contributed by atoms with van der Waals surface area (Å²) in [6.45, 7) is 5.32. The summed E-state index contributed by atoms with van der Waals surface area (Å²) in [6.07, 6.45) is 2.28. The molecule has 1 rings (SSSR count). The number of halogens is 2. The molecular weight excluding hydrogens is 356 g/mol. The molecule has 3 heteroatoms. The van der Waals surface area contributed by atoms with E-state index in [2.05, 4.69) is 45.7 Å². The van der Waals surface area contributed by atoms with Gasteiger partial charge in [-0.15, -0.1) is 0 Å². The zero-order valence-electron chi connectivity index (χ0n) is 11.2. The van der Waals surface area contributed by atoms with Gasteiger partial charge in [0.05, 0.1) is 6.61 Å². The quantitative estimate of drug-likeness (QED) is 0.560. The summed E-state index contributed by atoms with van der Waals surface area (Å²) in [5.41, 5.74) is 0.295. The van der Waals surface area contributed by atoms with Crippen LogP contribution in [0.2, 0.25) is 0 Å². The van der Waals surface area contributed by atoms with E-state index in [0.717, 1.165) is 29.4 Å². The highest BCUT2D eigenvalue weighted by molar-refractivity contribution is 9.09. The molecule has 0 radical (unpaired) electrons. The minimum atomic E-state index is 0.295. The van der Waals surface area contributed by atoms with Gasteiger partial charge in [0, 0.05) is 10.7 Å². The Morgan fingerprint density at radius 1 is 1.11 bits per heavy atom. The second-order valence-corrected chi connectivity index (χ2v) is 6.40. The Kier molecular flexibility index (Phi) is 7.31. The Bertz CT molecular complexity index is 321. The lowest BCUT2D eigenvalue weighted by atomic mass is 9.81. The summed E-state index contributed by atoms with van der Waals surface area (Å²) in [5, 5.41) is 2.03. The Balaban J connectivity index is 2.47. The molecule has 0 N–H and O–H groups in total. The van der Waals surface area contributed by atoms with E-state index in [1.54, 1.807) is 0 Å².